The maximum Gasteiger partial charge on any atom is 0.469 e. The highest BCUT2D eigenvalue weighted by Crippen LogP contribution is 2.35. The molecule has 10 nitrogen and oxygen atoms in total. The summed E-state index contributed by atoms with van der Waals surface area (Å²) in [7, 11) is -4.55. The Morgan fingerprint density at radius 3 is 1.75 bits per heavy atom. The van der Waals surface area contributed by atoms with Crippen LogP contribution in [0.3, 0.4) is 0 Å². The number of rotatable bonds is 7. The number of carbonyl (C=O) groups excluding carboxylic acids is 1. The first-order valence-electron chi connectivity index (χ1n) is 6.38. The minimum absolute atomic E-state index is 0.0833. The number of phosphoric ester groups is 1. The van der Waals surface area contributed by atoms with Crippen LogP contribution in [0.15, 0.2) is 24.3 Å². The quantitative estimate of drug-likeness (QED) is 0.335. The highest BCUT2D eigenvalue weighted by atomic mass is 31.2. The first-order chi connectivity index (χ1) is 11.0. The predicted octanol–water partition coefficient (Wildman–Crippen LogP) is 0.375. The van der Waals surface area contributed by atoms with E-state index in [1.54, 1.807) is 0 Å². The van der Waals surface area contributed by atoms with Gasteiger partial charge in [-0.25, -0.2) is 14.2 Å². The van der Waals surface area contributed by atoms with E-state index in [2.05, 4.69) is 4.52 Å². The van der Waals surface area contributed by atoms with Crippen LogP contribution in [0, 0.1) is 5.92 Å². The number of carboxylic acids is 2. The largest absolute Gasteiger partial charge is 0.478 e. The topological polar surface area (TPSA) is 179 Å². The molecule has 1 rings (SSSR count). The van der Waals surface area contributed by atoms with Crippen molar-refractivity contribution in [3.63, 3.8) is 0 Å². The normalized spacial score (nSPS) is 13.2. The fourth-order valence-electron chi connectivity index (χ4n) is 1.17. The van der Waals surface area contributed by atoms with E-state index in [0.29, 0.717) is 6.29 Å². The highest BCUT2D eigenvalue weighted by molar-refractivity contribution is 7.46. The van der Waals surface area contributed by atoms with E-state index in [1.807, 2.05) is 0 Å². The molecule has 1 aromatic rings. The molecule has 1 aromatic carbocycles. The number of hydrogen-bond donors (Lipinski definition) is 5. The number of aliphatic hydroxyl groups is 1. The summed E-state index contributed by atoms with van der Waals surface area (Å²) in [6, 6.07) is 5.02. The fourth-order valence-corrected chi connectivity index (χ4v) is 1.52. The van der Waals surface area contributed by atoms with Crippen molar-refractivity contribution < 1.29 is 48.6 Å². The van der Waals surface area contributed by atoms with Gasteiger partial charge in [0, 0.05) is 5.92 Å². The van der Waals surface area contributed by atoms with Crippen molar-refractivity contribution in [3.05, 3.63) is 35.4 Å². The van der Waals surface area contributed by atoms with E-state index in [-0.39, 0.29) is 11.1 Å². The van der Waals surface area contributed by atoms with Crippen molar-refractivity contribution >= 4 is 26.0 Å². The first-order valence-corrected chi connectivity index (χ1v) is 7.91. The summed E-state index contributed by atoms with van der Waals surface area (Å²) in [5.41, 5.74) is 0.167. The highest BCUT2D eigenvalue weighted by Gasteiger charge is 2.20. The van der Waals surface area contributed by atoms with Crippen LogP contribution in [-0.2, 0) is 13.9 Å². The van der Waals surface area contributed by atoms with Crippen molar-refractivity contribution in [2.45, 2.75) is 13.0 Å². The van der Waals surface area contributed by atoms with E-state index < -0.39 is 38.4 Å². The van der Waals surface area contributed by atoms with Gasteiger partial charge in [0.15, 0.2) is 0 Å². The average Bonchev–Trinajstić information content (AvgIpc) is 2.51. The molecular weight excluding hydrogens is 347 g/mol. The van der Waals surface area contributed by atoms with Crippen LogP contribution in [-0.4, -0.2) is 56.0 Å². The SMILES string of the molecule is CC(C=O)C(O)COP(=O)(O)O.O=C(O)c1ccc(C(=O)O)cc1. The molecule has 5 N–H and O–H groups in total. The molecule has 0 fully saturated rings. The Bertz CT molecular complexity index is 573. The van der Waals surface area contributed by atoms with Gasteiger partial charge in [0.1, 0.15) is 6.29 Å². The van der Waals surface area contributed by atoms with Crippen molar-refractivity contribution in [3.8, 4) is 0 Å². The van der Waals surface area contributed by atoms with E-state index in [0.717, 1.165) is 0 Å². The smallest absolute Gasteiger partial charge is 0.469 e. The Morgan fingerprint density at radius 2 is 1.50 bits per heavy atom. The molecule has 2 unspecified atom stereocenters. The Labute approximate surface area is 136 Å². The van der Waals surface area contributed by atoms with Gasteiger partial charge in [-0.1, -0.05) is 6.92 Å². The molecule has 0 aliphatic rings. The van der Waals surface area contributed by atoms with Crippen molar-refractivity contribution in [1.29, 1.82) is 0 Å². The standard InChI is InChI=1S/C8H6O4.C5H11O6P/c9-7(10)5-1-2-6(4-3-5)8(11)12;1-4(2-6)5(7)3-11-12(8,9)10/h1-4H,(H,9,10)(H,11,12);2,4-5,7H,3H2,1H3,(H2,8,9,10). The lowest BCUT2D eigenvalue weighted by molar-refractivity contribution is -0.114. The predicted molar refractivity (Wildman–Crippen MR) is 79.6 cm³/mol. The van der Waals surface area contributed by atoms with Gasteiger partial charge in [0.25, 0.3) is 0 Å². The van der Waals surface area contributed by atoms with Crippen LogP contribution >= 0.6 is 7.82 Å². The van der Waals surface area contributed by atoms with Crippen LogP contribution in [0.5, 0.6) is 0 Å². The average molecular weight is 364 g/mol. The molecule has 0 saturated carbocycles. The number of phosphoric acid groups is 1. The molecule has 0 aromatic heterocycles. The number of hydrogen-bond acceptors (Lipinski definition) is 6. The van der Waals surface area contributed by atoms with E-state index in [4.69, 9.17) is 25.1 Å². The molecule has 0 heterocycles. The Morgan fingerprint density at radius 1 is 1.12 bits per heavy atom. The third-order valence-corrected chi connectivity index (χ3v) is 3.10. The molecule has 0 radical (unpaired) electrons. The third kappa shape index (κ3) is 9.13. The van der Waals surface area contributed by atoms with E-state index in [9.17, 15) is 18.9 Å². The number of aldehydes is 1. The van der Waals surface area contributed by atoms with Gasteiger partial charge in [0.05, 0.1) is 23.8 Å². The van der Waals surface area contributed by atoms with Crippen LogP contribution in [0.1, 0.15) is 27.6 Å². The zero-order chi connectivity index (χ0) is 18.9. The van der Waals surface area contributed by atoms with Crippen LogP contribution in [0.25, 0.3) is 0 Å². The zero-order valence-corrected chi connectivity index (χ0v) is 13.4. The second-order valence-corrected chi connectivity index (χ2v) is 5.78. The minimum atomic E-state index is -4.55. The molecule has 0 saturated heterocycles. The molecule has 24 heavy (non-hydrogen) atoms. The van der Waals surface area contributed by atoms with Crippen LogP contribution in [0.2, 0.25) is 0 Å². The fraction of sp³-hybridized carbons (Fsp3) is 0.308. The van der Waals surface area contributed by atoms with Gasteiger partial charge >= 0.3 is 19.8 Å². The second kappa shape index (κ2) is 9.91. The van der Waals surface area contributed by atoms with Gasteiger partial charge in [-0.15, -0.1) is 0 Å². The molecule has 0 aliphatic heterocycles. The van der Waals surface area contributed by atoms with Gasteiger partial charge in [0.2, 0.25) is 0 Å². The maximum atomic E-state index is 10.3. The molecule has 11 heteroatoms. The number of benzene rings is 1. The molecule has 2 atom stereocenters. The van der Waals surface area contributed by atoms with Crippen molar-refractivity contribution in [2.24, 2.45) is 5.92 Å². The van der Waals surface area contributed by atoms with Gasteiger partial charge in [-0.2, -0.15) is 0 Å². The summed E-state index contributed by atoms with van der Waals surface area (Å²) in [5, 5.41) is 25.9. The Kier molecular flexibility index (Phi) is 9.04. The zero-order valence-electron chi connectivity index (χ0n) is 12.5. The number of carboxylic acid groups (broad SMARTS) is 2. The number of aliphatic hydroxyl groups excluding tert-OH is 1. The van der Waals surface area contributed by atoms with E-state index >= 15 is 0 Å². The van der Waals surface area contributed by atoms with Crippen LogP contribution in [0.4, 0.5) is 0 Å². The number of aromatic carboxylic acids is 2. The Balaban J connectivity index is 0.000000441. The summed E-state index contributed by atoms with van der Waals surface area (Å²) in [4.78, 5) is 47.2. The summed E-state index contributed by atoms with van der Waals surface area (Å²) in [6.07, 6.45) is -0.705. The summed E-state index contributed by atoms with van der Waals surface area (Å²) < 4.78 is 14.1. The minimum Gasteiger partial charge on any atom is -0.478 e. The van der Waals surface area contributed by atoms with Gasteiger partial charge in [-0.3, -0.25) is 4.52 Å². The molecule has 0 amide bonds. The second-order valence-electron chi connectivity index (χ2n) is 4.54. The third-order valence-electron chi connectivity index (χ3n) is 2.61. The summed E-state index contributed by atoms with van der Waals surface area (Å²) >= 11 is 0. The van der Waals surface area contributed by atoms with Crippen molar-refractivity contribution in [2.75, 3.05) is 6.61 Å². The monoisotopic (exact) mass is 364 g/mol. The maximum absolute atomic E-state index is 10.3. The molecular formula is C13H17O10P. The summed E-state index contributed by atoms with van der Waals surface area (Å²) in [5.74, 6) is -2.82. The van der Waals surface area contributed by atoms with Crippen molar-refractivity contribution in [1.82, 2.24) is 0 Å². The number of carbonyl (C=O) groups is 3. The van der Waals surface area contributed by atoms with Gasteiger partial charge in [-0.05, 0) is 24.3 Å². The molecule has 0 aliphatic carbocycles. The molecule has 0 spiro atoms. The molecule has 134 valence electrons. The Hall–Kier alpha value is -2.10. The lowest BCUT2D eigenvalue weighted by Crippen LogP contribution is -2.23. The summed E-state index contributed by atoms with van der Waals surface area (Å²) in [6.45, 7) is 0.866. The van der Waals surface area contributed by atoms with Gasteiger partial charge < -0.3 is 29.9 Å². The van der Waals surface area contributed by atoms with E-state index in [1.165, 1.54) is 31.2 Å². The lowest BCUT2D eigenvalue weighted by atomic mass is 10.1. The lowest BCUT2D eigenvalue weighted by Gasteiger charge is -2.13. The first kappa shape index (κ1) is 21.9. The molecule has 0 bridgehead atoms. The van der Waals surface area contributed by atoms with Crippen LogP contribution < -0.4 is 0 Å².